The number of anilines is 1. The van der Waals surface area contributed by atoms with Crippen molar-refractivity contribution in [3.8, 4) is 0 Å². The Hall–Kier alpha value is -1.36. The first-order valence-electron chi connectivity index (χ1n) is 8.35. The predicted molar refractivity (Wildman–Crippen MR) is 89.2 cm³/mol. The summed E-state index contributed by atoms with van der Waals surface area (Å²) in [4.78, 5) is 25.5. The Morgan fingerprint density at radius 2 is 2.00 bits per heavy atom. The van der Waals surface area contributed by atoms with Gasteiger partial charge < -0.3 is 11.1 Å². The summed E-state index contributed by atoms with van der Waals surface area (Å²) in [6.45, 7) is 2.21. The van der Waals surface area contributed by atoms with Gasteiger partial charge in [0.1, 0.15) is 5.00 Å². The average Bonchev–Trinajstić information content (AvgIpc) is 3.13. The van der Waals surface area contributed by atoms with Crippen molar-refractivity contribution in [3.63, 3.8) is 0 Å². The van der Waals surface area contributed by atoms with Crippen LogP contribution in [0.3, 0.4) is 0 Å². The molecule has 5 heteroatoms. The Labute approximate surface area is 135 Å². The third-order valence-electron chi connectivity index (χ3n) is 5.15. The zero-order chi connectivity index (χ0) is 15.7. The molecule has 2 aliphatic rings. The minimum absolute atomic E-state index is 0.0608. The lowest BCUT2D eigenvalue weighted by molar-refractivity contribution is -0.119. The molecule has 4 nitrogen and oxygen atoms in total. The van der Waals surface area contributed by atoms with Crippen molar-refractivity contribution in [2.45, 2.75) is 58.3 Å². The van der Waals surface area contributed by atoms with Gasteiger partial charge in [0.05, 0.1) is 5.56 Å². The molecule has 1 atom stereocenters. The number of hydrogen-bond donors (Lipinski definition) is 2. The van der Waals surface area contributed by atoms with Crippen molar-refractivity contribution in [3.05, 3.63) is 16.0 Å². The molecule has 0 bridgehead atoms. The van der Waals surface area contributed by atoms with Crippen LogP contribution in [0.5, 0.6) is 0 Å². The maximum absolute atomic E-state index is 12.4. The van der Waals surface area contributed by atoms with Gasteiger partial charge in [-0.1, -0.05) is 26.2 Å². The summed E-state index contributed by atoms with van der Waals surface area (Å²) in [5.74, 6) is 0.438. The van der Waals surface area contributed by atoms with E-state index in [2.05, 4.69) is 12.2 Å². The van der Waals surface area contributed by atoms with Gasteiger partial charge in [0.2, 0.25) is 5.91 Å². The van der Waals surface area contributed by atoms with Gasteiger partial charge in [-0.25, -0.2) is 0 Å². The first-order valence-corrected chi connectivity index (χ1v) is 9.17. The highest BCUT2D eigenvalue weighted by atomic mass is 32.1. The van der Waals surface area contributed by atoms with Gasteiger partial charge in [0.15, 0.2) is 0 Å². The van der Waals surface area contributed by atoms with Gasteiger partial charge in [-0.15, -0.1) is 11.3 Å². The van der Waals surface area contributed by atoms with Crippen LogP contribution in [-0.4, -0.2) is 11.8 Å². The zero-order valence-corrected chi connectivity index (χ0v) is 13.9. The van der Waals surface area contributed by atoms with E-state index in [1.165, 1.54) is 4.88 Å². The van der Waals surface area contributed by atoms with E-state index in [1.807, 2.05) is 0 Å². The van der Waals surface area contributed by atoms with E-state index in [0.717, 1.165) is 56.9 Å². The third kappa shape index (κ3) is 2.91. The van der Waals surface area contributed by atoms with Crippen LogP contribution in [0.1, 0.15) is 66.2 Å². The first-order chi connectivity index (χ1) is 10.6. The van der Waals surface area contributed by atoms with E-state index in [4.69, 9.17) is 5.73 Å². The van der Waals surface area contributed by atoms with E-state index in [0.29, 0.717) is 16.5 Å². The second-order valence-corrected chi connectivity index (χ2v) is 7.67. The van der Waals surface area contributed by atoms with Crippen molar-refractivity contribution in [2.24, 2.45) is 17.6 Å². The lowest BCUT2D eigenvalue weighted by Crippen LogP contribution is -2.23. The maximum atomic E-state index is 12.4. The summed E-state index contributed by atoms with van der Waals surface area (Å²) in [5.41, 5.74) is 7.25. The number of hydrogen-bond acceptors (Lipinski definition) is 3. The zero-order valence-electron chi connectivity index (χ0n) is 13.1. The van der Waals surface area contributed by atoms with Crippen molar-refractivity contribution < 1.29 is 9.59 Å². The van der Waals surface area contributed by atoms with Crippen LogP contribution in [0.25, 0.3) is 0 Å². The second-order valence-electron chi connectivity index (χ2n) is 6.56. The number of primary amides is 1. The molecule has 22 heavy (non-hydrogen) atoms. The van der Waals surface area contributed by atoms with E-state index in [9.17, 15) is 9.59 Å². The molecule has 1 fully saturated rings. The molecular weight excluding hydrogens is 296 g/mol. The van der Waals surface area contributed by atoms with Gasteiger partial charge >= 0.3 is 0 Å². The Kier molecular flexibility index (Phi) is 4.52. The Bertz CT molecular complexity index is 588. The fraction of sp³-hybridized carbons (Fsp3) is 0.647. The SMILES string of the molecule is CCC1CCc2c(sc(NC(=O)C3CCCC3)c2C(N)=O)C1. The minimum atomic E-state index is -0.408. The number of carbonyl (C=O) groups excluding carboxylic acids is 2. The molecular formula is C17H24N2O2S. The number of fused-ring (bicyclic) bond motifs is 1. The summed E-state index contributed by atoms with van der Waals surface area (Å²) >= 11 is 1.56. The molecule has 1 aromatic rings. The van der Waals surface area contributed by atoms with E-state index in [-0.39, 0.29) is 11.8 Å². The predicted octanol–water partition coefficient (Wildman–Crippen LogP) is 3.49. The number of nitrogens with two attached hydrogens (primary N) is 1. The molecule has 0 spiro atoms. The van der Waals surface area contributed by atoms with Crippen molar-refractivity contribution in [1.29, 1.82) is 0 Å². The van der Waals surface area contributed by atoms with E-state index < -0.39 is 5.91 Å². The Morgan fingerprint density at radius 3 is 2.64 bits per heavy atom. The smallest absolute Gasteiger partial charge is 0.251 e. The van der Waals surface area contributed by atoms with Crippen molar-refractivity contribution in [1.82, 2.24) is 0 Å². The minimum Gasteiger partial charge on any atom is -0.365 e. The third-order valence-corrected chi connectivity index (χ3v) is 6.32. The summed E-state index contributed by atoms with van der Waals surface area (Å²) in [6.07, 6.45) is 8.35. The number of rotatable bonds is 4. The topological polar surface area (TPSA) is 72.2 Å². The van der Waals surface area contributed by atoms with E-state index in [1.54, 1.807) is 11.3 Å². The van der Waals surface area contributed by atoms with Gasteiger partial charge in [-0.05, 0) is 43.6 Å². The highest BCUT2D eigenvalue weighted by molar-refractivity contribution is 7.17. The molecule has 1 unspecified atom stereocenters. The number of carbonyl (C=O) groups is 2. The summed E-state index contributed by atoms with van der Waals surface area (Å²) in [7, 11) is 0. The normalized spacial score (nSPS) is 21.6. The van der Waals surface area contributed by atoms with Crippen LogP contribution in [0.4, 0.5) is 5.00 Å². The van der Waals surface area contributed by atoms with Crippen LogP contribution < -0.4 is 11.1 Å². The molecule has 0 aliphatic heterocycles. The van der Waals surface area contributed by atoms with Crippen molar-refractivity contribution >= 4 is 28.2 Å². The molecule has 2 aliphatic carbocycles. The second kappa shape index (κ2) is 6.41. The van der Waals surface area contributed by atoms with Crippen LogP contribution in [-0.2, 0) is 17.6 Å². The summed E-state index contributed by atoms with van der Waals surface area (Å²) < 4.78 is 0. The molecule has 3 rings (SSSR count). The fourth-order valence-electron chi connectivity index (χ4n) is 3.75. The highest BCUT2D eigenvalue weighted by Gasteiger charge is 2.30. The molecule has 0 saturated heterocycles. The molecule has 1 heterocycles. The summed E-state index contributed by atoms with van der Waals surface area (Å²) in [6, 6.07) is 0. The fourth-order valence-corrected chi connectivity index (χ4v) is 5.12. The van der Waals surface area contributed by atoms with Gasteiger partial charge in [0, 0.05) is 10.8 Å². The highest BCUT2D eigenvalue weighted by Crippen LogP contribution is 2.40. The molecule has 3 N–H and O–H groups in total. The van der Waals surface area contributed by atoms with Crippen LogP contribution in [0, 0.1) is 11.8 Å². The molecule has 1 aromatic heterocycles. The Balaban J connectivity index is 1.85. The van der Waals surface area contributed by atoms with Crippen LogP contribution in [0.2, 0.25) is 0 Å². The largest absolute Gasteiger partial charge is 0.365 e. The molecule has 2 amide bonds. The number of nitrogens with one attached hydrogen (secondary N) is 1. The molecule has 120 valence electrons. The first kappa shape index (κ1) is 15.5. The number of amides is 2. The summed E-state index contributed by atoms with van der Waals surface area (Å²) in [5, 5.41) is 3.69. The Morgan fingerprint density at radius 1 is 1.27 bits per heavy atom. The van der Waals surface area contributed by atoms with Gasteiger partial charge in [0.25, 0.3) is 5.91 Å². The molecule has 1 saturated carbocycles. The van der Waals surface area contributed by atoms with Crippen LogP contribution >= 0.6 is 11.3 Å². The lowest BCUT2D eigenvalue weighted by atomic mass is 9.85. The monoisotopic (exact) mass is 320 g/mol. The van der Waals surface area contributed by atoms with Crippen LogP contribution in [0.15, 0.2) is 0 Å². The average molecular weight is 320 g/mol. The number of thiophene rings is 1. The lowest BCUT2D eigenvalue weighted by Gasteiger charge is -2.20. The molecule has 0 radical (unpaired) electrons. The standard InChI is InChI=1S/C17H24N2O2S/c1-2-10-7-8-12-13(9-10)22-17(14(12)15(18)20)19-16(21)11-5-3-4-6-11/h10-11H,2-9H2,1H3,(H2,18,20)(H,19,21). The van der Waals surface area contributed by atoms with E-state index >= 15 is 0 Å². The van der Waals surface area contributed by atoms with Gasteiger partial charge in [-0.2, -0.15) is 0 Å². The van der Waals surface area contributed by atoms with Gasteiger partial charge in [-0.3, -0.25) is 9.59 Å². The molecule has 0 aromatic carbocycles. The quantitative estimate of drug-likeness (QED) is 0.891. The maximum Gasteiger partial charge on any atom is 0.251 e. The van der Waals surface area contributed by atoms with Crippen molar-refractivity contribution in [2.75, 3.05) is 5.32 Å².